The van der Waals surface area contributed by atoms with Crippen LogP contribution in [0.3, 0.4) is 0 Å². The fraction of sp³-hybridized carbons (Fsp3) is 0.320. The van der Waals surface area contributed by atoms with Crippen molar-refractivity contribution in [3.8, 4) is 5.69 Å². The Hall–Kier alpha value is -2.82. The SMILES string of the molecule is C[C@]12Cc3cnn(-c4ccc(F)cc4)c3C=C1CCC[C@]2(F)Cc1ccc(F)cc1. The van der Waals surface area contributed by atoms with Gasteiger partial charge in [0.25, 0.3) is 0 Å². The topological polar surface area (TPSA) is 17.8 Å². The van der Waals surface area contributed by atoms with E-state index in [1.807, 2.05) is 6.92 Å². The number of halogens is 3. The number of aromatic nitrogens is 2. The Morgan fingerprint density at radius 3 is 2.37 bits per heavy atom. The second kappa shape index (κ2) is 6.86. The predicted octanol–water partition coefficient (Wildman–Crippen LogP) is 6.23. The van der Waals surface area contributed by atoms with Gasteiger partial charge in [-0.25, -0.2) is 17.9 Å². The van der Waals surface area contributed by atoms with Crippen LogP contribution in [-0.4, -0.2) is 15.4 Å². The molecule has 2 atom stereocenters. The lowest BCUT2D eigenvalue weighted by atomic mass is 9.56. The van der Waals surface area contributed by atoms with Crippen molar-refractivity contribution in [2.24, 2.45) is 5.41 Å². The summed E-state index contributed by atoms with van der Waals surface area (Å²) in [6.45, 7) is 2.01. The maximum absolute atomic E-state index is 16.5. The number of hydrogen-bond donors (Lipinski definition) is 0. The van der Waals surface area contributed by atoms with Gasteiger partial charge in [0.15, 0.2) is 0 Å². The quantitative estimate of drug-likeness (QED) is 0.502. The number of hydrogen-bond acceptors (Lipinski definition) is 1. The van der Waals surface area contributed by atoms with Gasteiger partial charge in [0, 0.05) is 11.8 Å². The Labute approximate surface area is 174 Å². The summed E-state index contributed by atoms with van der Waals surface area (Å²) in [5.41, 5.74) is 2.58. The predicted molar refractivity (Wildman–Crippen MR) is 111 cm³/mol. The highest BCUT2D eigenvalue weighted by Gasteiger charge is 2.54. The molecule has 1 saturated carbocycles. The van der Waals surface area contributed by atoms with Crippen LogP contribution in [0.1, 0.15) is 43.0 Å². The molecule has 0 amide bonds. The molecule has 0 bridgehead atoms. The van der Waals surface area contributed by atoms with Crippen molar-refractivity contribution in [1.29, 1.82) is 0 Å². The molecular weight excluding hydrogens is 385 g/mol. The molecule has 0 spiro atoms. The van der Waals surface area contributed by atoms with Crippen LogP contribution in [0.2, 0.25) is 0 Å². The van der Waals surface area contributed by atoms with E-state index < -0.39 is 11.1 Å². The van der Waals surface area contributed by atoms with Crippen LogP contribution >= 0.6 is 0 Å². The van der Waals surface area contributed by atoms with Gasteiger partial charge in [0.1, 0.15) is 17.3 Å². The molecule has 2 aromatic carbocycles. The van der Waals surface area contributed by atoms with Crippen molar-refractivity contribution in [2.75, 3.05) is 0 Å². The second-order valence-electron chi connectivity index (χ2n) is 8.74. The minimum absolute atomic E-state index is 0.266. The van der Waals surface area contributed by atoms with Gasteiger partial charge >= 0.3 is 0 Å². The fourth-order valence-corrected chi connectivity index (χ4v) is 5.13. The van der Waals surface area contributed by atoms with Crippen LogP contribution in [0.25, 0.3) is 11.8 Å². The summed E-state index contributed by atoms with van der Waals surface area (Å²) in [4.78, 5) is 0. The van der Waals surface area contributed by atoms with Gasteiger partial charge in [0.05, 0.1) is 17.6 Å². The zero-order valence-corrected chi connectivity index (χ0v) is 16.8. The maximum atomic E-state index is 16.5. The average Bonchev–Trinajstić information content (AvgIpc) is 3.12. The number of fused-ring (bicyclic) bond motifs is 2. The molecule has 3 aromatic rings. The molecule has 0 unspecified atom stereocenters. The second-order valence-corrected chi connectivity index (χ2v) is 8.74. The van der Waals surface area contributed by atoms with Gasteiger partial charge in [-0.2, -0.15) is 5.10 Å². The van der Waals surface area contributed by atoms with Crippen LogP contribution in [0.15, 0.2) is 60.3 Å². The number of alkyl halides is 1. The molecular formula is C25H23F3N2. The van der Waals surface area contributed by atoms with Gasteiger partial charge in [0.2, 0.25) is 0 Å². The van der Waals surface area contributed by atoms with Crippen molar-refractivity contribution >= 4 is 6.08 Å². The van der Waals surface area contributed by atoms with Gasteiger partial charge in [-0.3, -0.25) is 0 Å². The van der Waals surface area contributed by atoms with E-state index >= 15 is 4.39 Å². The Bertz CT molecular complexity index is 1110. The van der Waals surface area contributed by atoms with E-state index in [2.05, 4.69) is 11.2 Å². The first kappa shape index (κ1) is 19.2. The largest absolute Gasteiger partial charge is 0.243 e. The monoisotopic (exact) mass is 408 g/mol. The molecule has 2 nitrogen and oxygen atoms in total. The zero-order chi connectivity index (χ0) is 20.9. The Morgan fingerprint density at radius 1 is 1.00 bits per heavy atom. The molecule has 1 aromatic heterocycles. The summed E-state index contributed by atoms with van der Waals surface area (Å²) in [7, 11) is 0. The third-order valence-corrected chi connectivity index (χ3v) is 6.93. The summed E-state index contributed by atoms with van der Waals surface area (Å²) in [6, 6.07) is 12.4. The lowest BCUT2D eigenvalue weighted by molar-refractivity contribution is 0.000482. The molecule has 30 heavy (non-hydrogen) atoms. The summed E-state index contributed by atoms with van der Waals surface area (Å²) in [5.74, 6) is -0.599. The normalized spacial score (nSPS) is 25.4. The number of benzene rings is 2. The molecule has 0 radical (unpaired) electrons. The molecule has 0 N–H and O–H groups in total. The van der Waals surface area contributed by atoms with E-state index in [-0.39, 0.29) is 18.1 Å². The van der Waals surface area contributed by atoms with Crippen LogP contribution in [0.4, 0.5) is 13.2 Å². The molecule has 5 rings (SSSR count). The van der Waals surface area contributed by atoms with E-state index in [0.29, 0.717) is 12.8 Å². The fourth-order valence-electron chi connectivity index (χ4n) is 5.13. The lowest BCUT2D eigenvalue weighted by Gasteiger charge is -2.50. The molecule has 5 heteroatoms. The zero-order valence-electron chi connectivity index (χ0n) is 16.8. The van der Waals surface area contributed by atoms with Gasteiger partial charge in [-0.15, -0.1) is 0 Å². The van der Waals surface area contributed by atoms with Crippen LogP contribution < -0.4 is 0 Å². The molecule has 1 heterocycles. The average molecular weight is 408 g/mol. The van der Waals surface area contributed by atoms with Crippen molar-refractivity contribution in [3.05, 3.63) is 88.8 Å². The Morgan fingerprint density at radius 2 is 1.67 bits per heavy atom. The van der Waals surface area contributed by atoms with Crippen molar-refractivity contribution in [2.45, 2.75) is 44.7 Å². The summed E-state index contributed by atoms with van der Waals surface area (Å²) >= 11 is 0. The highest BCUT2D eigenvalue weighted by atomic mass is 19.1. The van der Waals surface area contributed by atoms with Crippen molar-refractivity contribution in [3.63, 3.8) is 0 Å². The maximum Gasteiger partial charge on any atom is 0.124 e. The lowest BCUT2D eigenvalue weighted by Crippen LogP contribution is -2.50. The number of allylic oxidation sites excluding steroid dienone is 1. The third kappa shape index (κ3) is 2.99. The molecule has 154 valence electrons. The van der Waals surface area contributed by atoms with Gasteiger partial charge in [-0.05, 0) is 79.3 Å². The standard InChI is InChI=1S/C25H23F3N2/c1-24-15-18-16-29-30(22-10-8-21(27)9-11-22)23(18)13-19(24)3-2-12-25(24,28)14-17-4-6-20(26)7-5-17/h4-11,13,16H,2-3,12,14-15H2,1H3/t24-,25-/m0/s1. The third-order valence-electron chi connectivity index (χ3n) is 6.93. The minimum Gasteiger partial charge on any atom is -0.243 e. The van der Waals surface area contributed by atoms with Crippen LogP contribution in [-0.2, 0) is 12.8 Å². The summed E-state index contributed by atoms with van der Waals surface area (Å²) < 4.78 is 45.0. The van der Waals surface area contributed by atoms with E-state index in [0.717, 1.165) is 40.9 Å². The first-order valence-corrected chi connectivity index (χ1v) is 10.4. The number of rotatable bonds is 3. The molecule has 2 aliphatic carbocycles. The molecule has 2 aliphatic rings. The molecule has 1 fully saturated rings. The highest BCUT2D eigenvalue weighted by molar-refractivity contribution is 5.62. The van der Waals surface area contributed by atoms with Gasteiger partial charge < -0.3 is 0 Å². The van der Waals surface area contributed by atoms with E-state index in [9.17, 15) is 8.78 Å². The van der Waals surface area contributed by atoms with E-state index in [1.54, 1.807) is 35.1 Å². The van der Waals surface area contributed by atoms with Crippen molar-refractivity contribution < 1.29 is 13.2 Å². The first-order chi connectivity index (χ1) is 14.4. The first-order valence-electron chi connectivity index (χ1n) is 10.4. The van der Waals surface area contributed by atoms with Gasteiger partial charge in [-0.1, -0.05) is 24.6 Å². The smallest absolute Gasteiger partial charge is 0.124 e. The van der Waals surface area contributed by atoms with Crippen molar-refractivity contribution in [1.82, 2.24) is 9.78 Å². The molecule has 0 saturated heterocycles. The highest BCUT2D eigenvalue weighted by Crippen LogP contribution is 2.56. The van der Waals surface area contributed by atoms with Crippen LogP contribution in [0.5, 0.6) is 0 Å². The van der Waals surface area contributed by atoms with Crippen LogP contribution in [0, 0.1) is 17.0 Å². The summed E-state index contributed by atoms with van der Waals surface area (Å²) in [6.07, 6.45) is 6.81. The van der Waals surface area contributed by atoms with E-state index in [1.165, 1.54) is 24.3 Å². The minimum atomic E-state index is -1.41. The summed E-state index contributed by atoms with van der Waals surface area (Å²) in [5, 5.41) is 4.51. The Balaban J connectivity index is 1.52. The Kier molecular flexibility index (Phi) is 4.38. The molecule has 0 aliphatic heterocycles. The number of nitrogens with zero attached hydrogens (tertiary/aromatic N) is 2. The van der Waals surface area contributed by atoms with E-state index in [4.69, 9.17) is 0 Å².